The third-order valence-corrected chi connectivity index (χ3v) is 9.06. The van der Waals surface area contributed by atoms with Crippen molar-refractivity contribution >= 4 is 77.8 Å². The molecule has 2 aliphatic rings. The Morgan fingerprint density at radius 2 is 1.09 bits per heavy atom. The van der Waals surface area contributed by atoms with Gasteiger partial charge >= 0.3 is 53.9 Å². The lowest BCUT2D eigenvalue weighted by Gasteiger charge is -2.24. The fourth-order valence-electron chi connectivity index (χ4n) is 2.63. The van der Waals surface area contributed by atoms with E-state index in [1.165, 1.54) is 13.8 Å². The van der Waals surface area contributed by atoms with E-state index < -0.39 is 91.4 Å². The van der Waals surface area contributed by atoms with Crippen LogP contribution >= 0.6 is 22.0 Å². The molecule has 0 aromatic heterocycles. The molecule has 2 N–H and O–H groups in total. The number of rotatable bonds is 9. The van der Waals surface area contributed by atoms with Gasteiger partial charge in [0.25, 0.3) is 0 Å². The van der Waals surface area contributed by atoms with Crippen molar-refractivity contribution in [3.05, 3.63) is 0 Å². The van der Waals surface area contributed by atoms with Crippen LogP contribution in [-0.4, -0.2) is 80.0 Å². The highest BCUT2D eigenvalue weighted by molar-refractivity contribution is 8.75. The summed E-state index contributed by atoms with van der Waals surface area (Å²) < 4.78 is 75.3. The van der Waals surface area contributed by atoms with Crippen molar-refractivity contribution in [2.24, 2.45) is 0 Å². The lowest BCUT2D eigenvalue weighted by Crippen LogP contribution is -2.49. The molecular formula is C14H16N2O14S4. The lowest BCUT2D eigenvalue weighted by molar-refractivity contribution is -0.159. The molecule has 0 aliphatic carbocycles. The SMILES string of the molecule is CCC(=O)OC1(S(=O)(=O)O)CC(=O)N(SSN2C(=O)CC(OC(=O)CC)(S(=O)(=O)O)C2=O)C1=O. The van der Waals surface area contributed by atoms with Crippen molar-refractivity contribution in [1.29, 1.82) is 0 Å². The molecule has 2 rings (SSSR count). The topological polar surface area (TPSA) is 236 Å². The molecular weight excluding hydrogens is 548 g/mol. The molecule has 0 aromatic rings. The Balaban J connectivity index is 2.32. The summed E-state index contributed by atoms with van der Waals surface area (Å²) in [6, 6.07) is 0. The largest absolute Gasteiger partial charge is 0.429 e. The number of carbonyl (C=O) groups excluding carboxylic acids is 6. The number of ether oxygens (including phenoxy) is 2. The van der Waals surface area contributed by atoms with Crippen LogP contribution in [0.15, 0.2) is 0 Å². The molecule has 0 bridgehead atoms. The number of imide groups is 2. The number of carbonyl (C=O) groups is 6. The molecule has 34 heavy (non-hydrogen) atoms. The minimum absolute atomic E-state index is 0.0545. The molecule has 4 amide bonds. The van der Waals surface area contributed by atoms with Crippen molar-refractivity contribution < 1.29 is 64.2 Å². The van der Waals surface area contributed by atoms with E-state index in [1.807, 2.05) is 0 Å². The summed E-state index contributed by atoms with van der Waals surface area (Å²) in [4.78, 5) is 66.4. The van der Waals surface area contributed by atoms with E-state index >= 15 is 0 Å². The molecule has 2 atom stereocenters. The molecule has 16 nitrogen and oxygen atoms in total. The highest BCUT2D eigenvalue weighted by atomic mass is 33.1. The lowest BCUT2D eigenvalue weighted by atomic mass is 10.3. The molecule has 0 radical (unpaired) electrons. The fourth-order valence-corrected chi connectivity index (χ4v) is 6.54. The van der Waals surface area contributed by atoms with Crippen LogP contribution in [0.25, 0.3) is 0 Å². The van der Waals surface area contributed by atoms with Crippen LogP contribution in [0.2, 0.25) is 0 Å². The van der Waals surface area contributed by atoms with Gasteiger partial charge in [-0.2, -0.15) is 16.8 Å². The molecule has 0 spiro atoms. The average Bonchev–Trinajstić information content (AvgIpc) is 3.10. The number of hydrogen-bond acceptors (Lipinski definition) is 14. The second-order valence-corrected chi connectivity index (χ2v) is 11.7. The maximum Gasteiger partial charge on any atom is 0.323 e. The molecule has 0 aromatic carbocycles. The van der Waals surface area contributed by atoms with Crippen molar-refractivity contribution in [1.82, 2.24) is 8.61 Å². The first-order chi connectivity index (χ1) is 15.5. The monoisotopic (exact) mass is 564 g/mol. The zero-order chi connectivity index (χ0) is 26.3. The molecule has 20 heteroatoms. The Morgan fingerprint density at radius 3 is 1.32 bits per heavy atom. The van der Waals surface area contributed by atoms with Gasteiger partial charge in [0.1, 0.15) is 0 Å². The summed E-state index contributed by atoms with van der Waals surface area (Å²) in [5.41, 5.74) is 0. The number of esters is 2. The molecule has 190 valence electrons. The standard InChI is InChI=1S/C14H16N2O14S4/c1-3-9(19)29-13(33(23,24)25)5-7(17)15(11(13)21)31-32-16-8(18)6-14(12(16)22,34(26,27)28)30-10(20)4-2/h3-6H2,1-2H3,(H,23,24,25)(H,26,27,28). The molecule has 2 heterocycles. The molecule has 2 saturated heterocycles. The van der Waals surface area contributed by atoms with E-state index in [-0.39, 0.29) is 30.6 Å². The van der Waals surface area contributed by atoms with E-state index in [0.717, 1.165) is 0 Å². The van der Waals surface area contributed by atoms with Crippen LogP contribution in [0.3, 0.4) is 0 Å². The predicted molar refractivity (Wildman–Crippen MR) is 109 cm³/mol. The number of nitrogens with zero attached hydrogens (tertiary/aromatic N) is 2. The summed E-state index contributed by atoms with van der Waals surface area (Å²) in [5, 5.41) is 0. The summed E-state index contributed by atoms with van der Waals surface area (Å²) in [6.07, 6.45) is -3.50. The van der Waals surface area contributed by atoms with Gasteiger partial charge in [-0.3, -0.25) is 37.9 Å². The maximum atomic E-state index is 12.6. The van der Waals surface area contributed by atoms with Gasteiger partial charge in [-0.25, -0.2) is 8.61 Å². The van der Waals surface area contributed by atoms with Crippen LogP contribution < -0.4 is 0 Å². The first kappa shape index (κ1) is 28.0. The maximum absolute atomic E-state index is 12.6. The van der Waals surface area contributed by atoms with Crippen LogP contribution in [0.5, 0.6) is 0 Å². The van der Waals surface area contributed by atoms with Gasteiger partial charge in [0.05, 0.1) is 34.8 Å². The van der Waals surface area contributed by atoms with Gasteiger partial charge in [0, 0.05) is 12.8 Å². The summed E-state index contributed by atoms with van der Waals surface area (Å²) in [5.74, 6) is -8.62. The number of amides is 4. The second kappa shape index (κ2) is 9.41. The van der Waals surface area contributed by atoms with Gasteiger partial charge in [-0.05, 0) is 0 Å². The van der Waals surface area contributed by atoms with E-state index in [9.17, 15) is 54.7 Å². The zero-order valence-corrected chi connectivity index (χ0v) is 20.4. The van der Waals surface area contributed by atoms with E-state index in [0.29, 0.717) is 0 Å². The molecule has 0 saturated carbocycles. The second-order valence-electron chi connectivity index (χ2n) is 6.60. The third kappa shape index (κ3) is 4.64. The van der Waals surface area contributed by atoms with Crippen LogP contribution in [-0.2, 0) is 58.5 Å². The third-order valence-electron chi connectivity index (χ3n) is 4.39. The van der Waals surface area contributed by atoms with Crippen molar-refractivity contribution in [3.63, 3.8) is 0 Å². The van der Waals surface area contributed by atoms with Gasteiger partial charge in [0.2, 0.25) is 11.8 Å². The Hall–Kier alpha value is -2.26. The van der Waals surface area contributed by atoms with Gasteiger partial charge in [-0.15, -0.1) is 0 Å². The Bertz CT molecular complexity index is 1090. The molecule has 2 aliphatic heterocycles. The van der Waals surface area contributed by atoms with Gasteiger partial charge in [-0.1, -0.05) is 13.8 Å². The highest BCUT2D eigenvalue weighted by Crippen LogP contribution is 2.45. The highest BCUT2D eigenvalue weighted by Gasteiger charge is 2.66. The van der Waals surface area contributed by atoms with Crippen LogP contribution in [0, 0.1) is 0 Å². The summed E-state index contributed by atoms with van der Waals surface area (Å²) >= 11 is 0. The van der Waals surface area contributed by atoms with Gasteiger partial charge in [0.15, 0.2) is 0 Å². The van der Waals surface area contributed by atoms with Crippen molar-refractivity contribution in [2.45, 2.75) is 49.4 Å². The molecule has 2 unspecified atom stereocenters. The zero-order valence-electron chi connectivity index (χ0n) is 17.1. The van der Waals surface area contributed by atoms with E-state index in [4.69, 9.17) is 0 Å². The van der Waals surface area contributed by atoms with Gasteiger partial charge < -0.3 is 9.47 Å². The van der Waals surface area contributed by atoms with Crippen molar-refractivity contribution in [2.75, 3.05) is 0 Å². The van der Waals surface area contributed by atoms with E-state index in [2.05, 4.69) is 9.47 Å². The quantitative estimate of drug-likeness (QED) is 0.110. The minimum Gasteiger partial charge on any atom is -0.429 e. The van der Waals surface area contributed by atoms with Crippen LogP contribution in [0.4, 0.5) is 0 Å². The first-order valence-electron chi connectivity index (χ1n) is 8.94. The minimum atomic E-state index is -5.49. The summed E-state index contributed by atoms with van der Waals surface area (Å²) in [7, 11) is -11.1. The predicted octanol–water partition coefficient (Wildman–Crippen LogP) is -1.21. The van der Waals surface area contributed by atoms with E-state index in [1.54, 1.807) is 0 Å². The molecule has 2 fully saturated rings. The summed E-state index contributed by atoms with van der Waals surface area (Å²) in [6.45, 7) is 2.47. The first-order valence-corrected chi connectivity index (χ1v) is 13.9. The fraction of sp³-hybridized carbons (Fsp3) is 0.571. The normalized spacial score (nSPS) is 25.8. The average molecular weight is 565 g/mol. The Kier molecular flexibility index (Phi) is 7.75. The smallest absolute Gasteiger partial charge is 0.323 e. The Labute approximate surface area is 199 Å². The number of hydrogen-bond donors (Lipinski definition) is 2. The Morgan fingerprint density at radius 1 is 0.794 bits per heavy atom. The van der Waals surface area contributed by atoms with Crippen LogP contribution in [0.1, 0.15) is 39.5 Å². The van der Waals surface area contributed by atoms with Crippen molar-refractivity contribution in [3.8, 4) is 0 Å².